The Labute approximate surface area is 119 Å². The molecule has 0 aliphatic heterocycles. The Balaban J connectivity index is 1.93. The summed E-state index contributed by atoms with van der Waals surface area (Å²) >= 11 is 0. The van der Waals surface area contributed by atoms with Crippen molar-refractivity contribution >= 4 is 11.7 Å². The summed E-state index contributed by atoms with van der Waals surface area (Å²) < 4.78 is 0. The van der Waals surface area contributed by atoms with Gasteiger partial charge in [0.25, 0.3) is 5.91 Å². The fraction of sp³-hybridized carbons (Fsp3) is 0.250. The van der Waals surface area contributed by atoms with Crippen LogP contribution in [0.4, 0.5) is 5.82 Å². The Hall–Kier alpha value is -2.36. The summed E-state index contributed by atoms with van der Waals surface area (Å²) in [5, 5.41) is 2.90. The molecular formula is C16H19N3O. The molecule has 3 N–H and O–H groups in total. The summed E-state index contributed by atoms with van der Waals surface area (Å²) in [6.45, 7) is 2.59. The van der Waals surface area contributed by atoms with Crippen molar-refractivity contribution in [3.05, 3.63) is 59.3 Å². The van der Waals surface area contributed by atoms with Gasteiger partial charge in [0.15, 0.2) is 0 Å². The van der Waals surface area contributed by atoms with Crippen LogP contribution in [0.5, 0.6) is 0 Å². The Morgan fingerprint density at radius 3 is 2.70 bits per heavy atom. The molecule has 0 unspecified atom stereocenters. The van der Waals surface area contributed by atoms with E-state index in [1.165, 1.54) is 5.56 Å². The predicted octanol–water partition coefficient (Wildman–Crippen LogP) is 2.20. The standard InChI is InChI=1S/C16H19N3O/c1-2-14-10-13(11-15(17)19-14)16(20)18-9-8-12-6-4-3-5-7-12/h3-7,10-11H,2,8-9H2,1H3,(H2,17,19)(H,18,20). The number of carbonyl (C=O) groups excluding carboxylic acids is 1. The Bertz CT molecular complexity index is 582. The quantitative estimate of drug-likeness (QED) is 0.874. The van der Waals surface area contributed by atoms with Crippen molar-refractivity contribution in [3.63, 3.8) is 0 Å². The molecule has 0 saturated carbocycles. The largest absolute Gasteiger partial charge is 0.384 e. The SMILES string of the molecule is CCc1cc(C(=O)NCCc2ccccc2)cc(N)n1. The minimum absolute atomic E-state index is 0.107. The Kier molecular flexibility index (Phi) is 4.71. The van der Waals surface area contributed by atoms with Crippen molar-refractivity contribution in [3.8, 4) is 0 Å². The number of pyridine rings is 1. The highest BCUT2D eigenvalue weighted by molar-refractivity contribution is 5.94. The van der Waals surface area contributed by atoms with E-state index in [0.29, 0.717) is 17.9 Å². The minimum atomic E-state index is -0.107. The first-order valence-corrected chi connectivity index (χ1v) is 6.77. The topological polar surface area (TPSA) is 68.0 Å². The van der Waals surface area contributed by atoms with Crippen LogP contribution in [0.1, 0.15) is 28.5 Å². The fourth-order valence-electron chi connectivity index (χ4n) is 1.99. The number of hydrogen-bond donors (Lipinski definition) is 2. The normalized spacial score (nSPS) is 10.2. The van der Waals surface area contributed by atoms with Gasteiger partial charge < -0.3 is 11.1 Å². The lowest BCUT2D eigenvalue weighted by atomic mass is 10.1. The van der Waals surface area contributed by atoms with Gasteiger partial charge in [-0.3, -0.25) is 4.79 Å². The van der Waals surface area contributed by atoms with E-state index in [4.69, 9.17) is 5.73 Å². The molecule has 1 heterocycles. The molecule has 0 fully saturated rings. The molecule has 2 aromatic rings. The van der Waals surface area contributed by atoms with E-state index in [1.807, 2.05) is 37.3 Å². The van der Waals surface area contributed by atoms with Gasteiger partial charge in [-0.25, -0.2) is 4.98 Å². The summed E-state index contributed by atoms with van der Waals surface area (Å²) in [6, 6.07) is 13.5. The number of benzene rings is 1. The molecule has 2 rings (SSSR count). The number of anilines is 1. The van der Waals surface area contributed by atoms with Gasteiger partial charge in [-0.05, 0) is 30.5 Å². The second-order valence-corrected chi connectivity index (χ2v) is 4.62. The molecule has 0 bridgehead atoms. The van der Waals surface area contributed by atoms with Gasteiger partial charge in [-0.15, -0.1) is 0 Å². The monoisotopic (exact) mass is 269 g/mol. The number of amides is 1. The van der Waals surface area contributed by atoms with Crippen LogP contribution in [0.15, 0.2) is 42.5 Å². The number of nitrogens with two attached hydrogens (primary N) is 1. The number of nitrogens with one attached hydrogen (secondary N) is 1. The highest BCUT2D eigenvalue weighted by atomic mass is 16.1. The third-order valence-corrected chi connectivity index (χ3v) is 3.06. The average Bonchev–Trinajstić information content (AvgIpc) is 2.47. The number of carbonyl (C=O) groups is 1. The number of hydrogen-bond acceptors (Lipinski definition) is 3. The summed E-state index contributed by atoms with van der Waals surface area (Å²) in [7, 11) is 0. The number of aryl methyl sites for hydroxylation is 1. The highest BCUT2D eigenvalue weighted by Gasteiger charge is 2.07. The van der Waals surface area contributed by atoms with Gasteiger partial charge in [0.1, 0.15) is 5.82 Å². The van der Waals surface area contributed by atoms with E-state index >= 15 is 0 Å². The van der Waals surface area contributed by atoms with Crippen molar-refractivity contribution in [2.24, 2.45) is 0 Å². The minimum Gasteiger partial charge on any atom is -0.384 e. The first-order chi connectivity index (χ1) is 9.69. The molecule has 20 heavy (non-hydrogen) atoms. The van der Waals surface area contributed by atoms with Crippen molar-refractivity contribution in [1.29, 1.82) is 0 Å². The third kappa shape index (κ3) is 3.82. The van der Waals surface area contributed by atoms with E-state index in [2.05, 4.69) is 10.3 Å². The van der Waals surface area contributed by atoms with Crippen molar-refractivity contribution < 1.29 is 4.79 Å². The van der Waals surface area contributed by atoms with Crippen molar-refractivity contribution in [2.45, 2.75) is 19.8 Å². The molecule has 0 saturated heterocycles. The Morgan fingerprint density at radius 2 is 2.00 bits per heavy atom. The molecule has 0 radical (unpaired) electrons. The van der Waals surface area contributed by atoms with Gasteiger partial charge in [-0.1, -0.05) is 37.3 Å². The first kappa shape index (κ1) is 14.1. The maximum atomic E-state index is 12.1. The van der Waals surface area contributed by atoms with Crippen LogP contribution in [-0.2, 0) is 12.8 Å². The zero-order valence-corrected chi connectivity index (χ0v) is 11.6. The molecule has 0 atom stereocenters. The maximum absolute atomic E-state index is 12.1. The van der Waals surface area contributed by atoms with E-state index in [1.54, 1.807) is 12.1 Å². The van der Waals surface area contributed by atoms with Crippen LogP contribution in [0, 0.1) is 0 Å². The molecular weight excluding hydrogens is 250 g/mol. The number of rotatable bonds is 5. The smallest absolute Gasteiger partial charge is 0.251 e. The number of aromatic nitrogens is 1. The van der Waals surface area contributed by atoms with Crippen LogP contribution in [0.25, 0.3) is 0 Å². The summed E-state index contributed by atoms with van der Waals surface area (Å²) in [6.07, 6.45) is 1.57. The average molecular weight is 269 g/mol. The van der Waals surface area contributed by atoms with Crippen LogP contribution >= 0.6 is 0 Å². The fourth-order valence-corrected chi connectivity index (χ4v) is 1.99. The molecule has 4 nitrogen and oxygen atoms in total. The number of nitrogens with zero attached hydrogens (tertiary/aromatic N) is 1. The predicted molar refractivity (Wildman–Crippen MR) is 80.5 cm³/mol. The molecule has 1 amide bonds. The van der Waals surface area contributed by atoms with E-state index < -0.39 is 0 Å². The van der Waals surface area contributed by atoms with Gasteiger partial charge in [0.05, 0.1) is 0 Å². The zero-order valence-electron chi connectivity index (χ0n) is 11.6. The van der Waals surface area contributed by atoms with Gasteiger partial charge >= 0.3 is 0 Å². The molecule has 4 heteroatoms. The lowest BCUT2D eigenvalue weighted by Crippen LogP contribution is -2.26. The van der Waals surface area contributed by atoms with Crippen molar-refractivity contribution in [2.75, 3.05) is 12.3 Å². The summed E-state index contributed by atoms with van der Waals surface area (Å²) in [5.74, 6) is 0.280. The van der Waals surface area contributed by atoms with E-state index in [0.717, 1.165) is 18.5 Å². The summed E-state index contributed by atoms with van der Waals surface area (Å²) in [4.78, 5) is 16.2. The highest BCUT2D eigenvalue weighted by Crippen LogP contribution is 2.08. The van der Waals surface area contributed by atoms with E-state index in [-0.39, 0.29) is 5.91 Å². The molecule has 0 aliphatic carbocycles. The molecule has 1 aromatic carbocycles. The van der Waals surface area contributed by atoms with E-state index in [9.17, 15) is 4.79 Å². The van der Waals surface area contributed by atoms with Gasteiger partial charge in [-0.2, -0.15) is 0 Å². The first-order valence-electron chi connectivity index (χ1n) is 6.77. The second kappa shape index (κ2) is 6.70. The van der Waals surface area contributed by atoms with Gasteiger partial charge in [0, 0.05) is 17.8 Å². The lowest BCUT2D eigenvalue weighted by Gasteiger charge is -2.07. The molecule has 104 valence electrons. The lowest BCUT2D eigenvalue weighted by molar-refractivity contribution is 0.0954. The number of nitrogen functional groups attached to an aromatic ring is 1. The molecule has 0 aliphatic rings. The Morgan fingerprint density at radius 1 is 1.25 bits per heavy atom. The van der Waals surface area contributed by atoms with Crippen LogP contribution in [0.3, 0.4) is 0 Å². The second-order valence-electron chi connectivity index (χ2n) is 4.62. The van der Waals surface area contributed by atoms with Crippen LogP contribution in [0.2, 0.25) is 0 Å². The van der Waals surface area contributed by atoms with Crippen LogP contribution in [-0.4, -0.2) is 17.4 Å². The zero-order chi connectivity index (χ0) is 14.4. The molecule has 1 aromatic heterocycles. The summed E-state index contributed by atoms with van der Waals surface area (Å²) in [5.41, 5.74) is 8.31. The van der Waals surface area contributed by atoms with Crippen LogP contribution < -0.4 is 11.1 Å². The molecule has 0 spiro atoms. The van der Waals surface area contributed by atoms with Gasteiger partial charge in [0.2, 0.25) is 0 Å². The third-order valence-electron chi connectivity index (χ3n) is 3.06. The van der Waals surface area contributed by atoms with Crippen molar-refractivity contribution in [1.82, 2.24) is 10.3 Å². The maximum Gasteiger partial charge on any atom is 0.251 e.